The van der Waals surface area contributed by atoms with Crippen LogP contribution in [0.1, 0.15) is 142 Å². The van der Waals surface area contributed by atoms with E-state index in [-0.39, 0.29) is 18.9 Å². The summed E-state index contributed by atoms with van der Waals surface area (Å²) in [4.78, 5) is 12.3. The predicted octanol–water partition coefficient (Wildman–Crippen LogP) is 9.28. The monoisotopic (exact) mass is 670 g/mol. The van der Waals surface area contributed by atoms with Gasteiger partial charge in [0.1, 0.15) is 0 Å². The molecule has 0 aromatic carbocycles. The maximum Gasteiger partial charge on any atom is 0.220 e. The molecule has 6 heteroatoms. The Labute approximate surface area is 294 Å². The molecule has 0 saturated heterocycles. The van der Waals surface area contributed by atoms with E-state index in [1.54, 1.807) is 30.4 Å². The summed E-state index contributed by atoms with van der Waals surface area (Å²) in [5.41, 5.74) is 0. The molecule has 0 aromatic heterocycles. The summed E-state index contributed by atoms with van der Waals surface area (Å²) in [6.07, 6.45) is 45.9. The van der Waals surface area contributed by atoms with Crippen molar-refractivity contribution in [3.05, 3.63) is 85.1 Å². The number of allylic oxidation sites excluding steroid dienone is 9. The molecule has 0 spiro atoms. The number of rotatable bonds is 32. The normalized spacial score (nSPS) is 15.4. The highest BCUT2D eigenvalue weighted by Gasteiger charge is 2.17. The molecule has 0 rings (SSSR count). The summed E-state index contributed by atoms with van der Waals surface area (Å²) in [5.74, 6) is -0.207. The van der Waals surface area contributed by atoms with Crippen molar-refractivity contribution in [3.63, 3.8) is 0 Å². The minimum atomic E-state index is -0.915. The summed E-state index contributed by atoms with van der Waals surface area (Å²) >= 11 is 0. The lowest BCUT2D eigenvalue weighted by Crippen LogP contribution is -2.45. The molecule has 6 nitrogen and oxygen atoms in total. The number of aliphatic hydroxyl groups is 4. The van der Waals surface area contributed by atoms with E-state index in [1.807, 2.05) is 54.7 Å². The summed E-state index contributed by atoms with van der Waals surface area (Å²) in [5, 5.41) is 42.7. The van der Waals surface area contributed by atoms with Crippen LogP contribution >= 0.6 is 0 Å². The molecule has 0 radical (unpaired) electrons. The van der Waals surface area contributed by atoms with E-state index in [0.717, 1.165) is 25.7 Å². The van der Waals surface area contributed by atoms with Crippen molar-refractivity contribution in [1.82, 2.24) is 5.32 Å². The number of nitrogens with one attached hydrogen (secondary N) is 1. The second-order valence-corrected chi connectivity index (χ2v) is 12.7. The van der Waals surface area contributed by atoms with Crippen molar-refractivity contribution in [2.24, 2.45) is 0 Å². The van der Waals surface area contributed by atoms with Gasteiger partial charge in [-0.1, -0.05) is 176 Å². The van der Waals surface area contributed by atoms with E-state index < -0.39 is 24.4 Å². The van der Waals surface area contributed by atoms with Gasteiger partial charge in [-0.3, -0.25) is 4.79 Å². The Balaban J connectivity index is 3.97. The van der Waals surface area contributed by atoms with Gasteiger partial charge >= 0.3 is 0 Å². The highest BCUT2D eigenvalue weighted by molar-refractivity contribution is 5.76. The lowest BCUT2D eigenvalue weighted by atomic mass is 10.0. The number of unbranched alkanes of at least 4 members (excludes halogenated alkanes) is 14. The Morgan fingerprint density at radius 1 is 0.604 bits per heavy atom. The largest absolute Gasteiger partial charge is 0.394 e. The fourth-order valence-corrected chi connectivity index (χ4v) is 5.09. The maximum atomic E-state index is 12.3. The van der Waals surface area contributed by atoms with Crippen LogP contribution < -0.4 is 5.32 Å². The van der Waals surface area contributed by atoms with Crippen LogP contribution in [0.5, 0.6) is 0 Å². The van der Waals surface area contributed by atoms with E-state index in [4.69, 9.17) is 0 Å². The number of aliphatic hydroxyl groups excluding tert-OH is 4. The summed E-state index contributed by atoms with van der Waals surface area (Å²) in [7, 11) is 0. The van der Waals surface area contributed by atoms with Gasteiger partial charge < -0.3 is 25.7 Å². The quantitative estimate of drug-likeness (QED) is 0.0279. The summed E-state index contributed by atoms with van der Waals surface area (Å²) < 4.78 is 0. The zero-order valence-corrected chi connectivity index (χ0v) is 30.4. The molecule has 274 valence electrons. The average molecular weight is 670 g/mol. The topological polar surface area (TPSA) is 110 Å². The molecule has 0 aliphatic carbocycles. The zero-order chi connectivity index (χ0) is 35.3. The molecule has 0 aliphatic rings. The second kappa shape index (κ2) is 35.8. The third-order valence-electron chi connectivity index (χ3n) is 8.06. The van der Waals surface area contributed by atoms with Crippen molar-refractivity contribution < 1.29 is 25.2 Å². The van der Waals surface area contributed by atoms with E-state index in [1.165, 1.54) is 77.0 Å². The SMILES string of the molecule is CC/C=C\C[C@H](O)/C=C/C=C\C/C=C\C=C\[C@H](O)/C=C\CCCC(=O)N[C@@H](CO)[C@H](O)/C=C/CCCCCCCCCCCCCCC. The molecule has 0 fully saturated rings. The Hall–Kier alpha value is -2.51. The minimum absolute atomic E-state index is 0.207. The van der Waals surface area contributed by atoms with Gasteiger partial charge in [0.25, 0.3) is 0 Å². The van der Waals surface area contributed by atoms with E-state index in [9.17, 15) is 25.2 Å². The van der Waals surface area contributed by atoms with Crippen molar-refractivity contribution >= 4 is 5.91 Å². The molecule has 48 heavy (non-hydrogen) atoms. The van der Waals surface area contributed by atoms with Crippen molar-refractivity contribution in [3.8, 4) is 0 Å². The molecule has 0 heterocycles. The third kappa shape index (κ3) is 32.1. The van der Waals surface area contributed by atoms with E-state index in [0.29, 0.717) is 19.3 Å². The first kappa shape index (κ1) is 45.5. The molecular weight excluding hydrogens is 598 g/mol. The summed E-state index contributed by atoms with van der Waals surface area (Å²) in [6.45, 7) is 4.01. The van der Waals surface area contributed by atoms with Crippen LogP contribution in [0.2, 0.25) is 0 Å². The first-order valence-electron chi connectivity index (χ1n) is 19.0. The van der Waals surface area contributed by atoms with Crippen LogP contribution in [0, 0.1) is 0 Å². The van der Waals surface area contributed by atoms with Crippen molar-refractivity contribution in [2.75, 3.05) is 6.61 Å². The number of carbonyl (C=O) groups excluding carboxylic acids is 1. The van der Waals surface area contributed by atoms with Gasteiger partial charge in [0.15, 0.2) is 0 Å². The smallest absolute Gasteiger partial charge is 0.220 e. The number of amides is 1. The van der Waals surface area contributed by atoms with Gasteiger partial charge in [-0.15, -0.1) is 0 Å². The minimum Gasteiger partial charge on any atom is -0.394 e. The lowest BCUT2D eigenvalue weighted by Gasteiger charge is -2.19. The molecule has 0 aliphatic heterocycles. The maximum absolute atomic E-state index is 12.3. The van der Waals surface area contributed by atoms with Crippen LogP contribution in [-0.4, -0.2) is 57.3 Å². The van der Waals surface area contributed by atoms with Gasteiger partial charge in [0.05, 0.1) is 31.0 Å². The molecule has 0 bridgehead atoms. The highest BCUT2D eigenvalue weighted by atomic mass is 16.3. The number of hydrogen-bond acceptors (Lipinski definition) is 5. The van der Waals surface area contributed by atoms with Gasteiger partial charge in [-0.2, -0.15) is 0 Å². The van der Waals surface area contributed by atoms with Crippen LogP contribution in [0.4, 0.5) is 0 Å². The van der Waals surface area contributed by atoms with Gasteiger partial charge in [0.2, 0.25) is 5.91 Å². The summed E-state index contributed by atoms with van der Waals surface area (Å²) in [6, 6.07) is -0.714. The Bertz CT molecular complexity index is 932. The Morgan fingerprint density at radius 2 is 1.17 bits per heavy atom. The van der Waals surface area contributed by atoms with Crippen LogP contribution in [0.25, 0.3) is 0 Å². The van der Waals surface area contributed by atoms with Crippen LogP contribution in [-0.2, 0) is 4.79 Å². The Kier molecular flexibility index (Phi) is 33.9. The third-order valence-corrected chi connectivity index (χ3v) is 8.06. The molecular formula is C42H71NO5. The number of hydrogen-bond donors (Lipinski definition) is 5. The van der Waals surface area contributed by atoms with Crippen molar-refractivity contribution in [1.29, 1.82) is 0 Å². The zero-order valence-electron chi connectivity index (χ0n) is 30.4. The Morgan fingerprint density at radius 3 is 1.77 bits per heavy atom. The van der Waals surface area contributed by atoms with Gasteiger partial charge in [0, 0.05) is 6.42 Å². The second-order valence-electron chi connectivity index (χ2n) is 12.7. The first-order valence-corrected chi connectivity index (χ1v) is 19.0. The van der Waals surface area contributed by atoms with Crippen LogP contribution in [0.15, 0.2) is 85.1 Å². The molecule has 4 atom stereocenters. The standard InChI is InChI=1S/C42H71NO5/c1-3-5-7-8-9-10-11-12-13-14-15-16-20-23-29-35-41(47)40(37-44)43-42(48)36-30-24-28-34-39(46)33-27-22-19-17-18-21-26-32-38(45)31-25-6-4-2/h6,18-19,21-22,25-29,32-35,38-41,44-47H,3-5,7-17,20,23-24,30-31,36-37H2,1-2H3,(H,43,48)/b21-18-,22-19-,25-6-,32-26+,33-27+,34-28-,35-29+/t38-,39-,40-,41+/m0/s1. The highest BCUT2D eigenvalue weighted by Crippen LogP contribution is 2.13. The fraction of sp³-hybridized carbons (Fsp3) is 0.643. The first-order chi connectivity index (χ1) is 23.4. The van der Waals surface area contributed by atoms with Crippen molar-refractivity contribution in [2.45, 2.75) is 167 Å². The average Bonchev–Trinajstić information content (AvgIpc) is 3.07. The molecule has 0 unspecified atom stereocenters. The number of carbonyl (C=O) groups is 1. The van der Waals surface area contributed by atoms with Gasteiger partial charge in [-0.05, 0) is 44.9 Å². The lowest BCUT2D eigenvalue weighted by molar-refractivity contribution is -0.122. The molecule has 5 N–H and O–H groups in total. The predicted molar refractivity (Wildman–Crippen MR) is 205 cm³/mol. The van der Waals surface area contributed by atoms with E-state index >= 15 is 0 Å². The molecule has 0 saturated carbocycles. The molecule has 1 amide bonds. The van der Waals surface area contributed by atoms with Crippen LogP contribution in [0.3, 0.4) is 0 Å². The molecule has 0 aromatic rings. The van der Waals surface area contributed by atoms with E-state index in [2.05, 4.69) is 19.2 Å². The van der Waals surface area contributed by atoms with Gasteiger partial charge in [-0.25, -0.2) is 0 Å². The fourth-order valence-electron chi connectivity index (χ4n) is 5.09.